The van der Waals surface area contributed by atoms with Crippen molar-refractivity contribution in [1.82, 2.24) is 38.3 Å². The van der Waals surface area contributed by atoms with E-state index in [1.165, 1.54) is 11.8 Å². The van der Waals surface area contributed by atoms with Crippen LogP contribution >= 0.6 is 11.8 Å². The molecule has 6 aromatic rings. The molecule has 2 aromatic carbocycles. The number of fused-ring (bicyclic) bond motifs is 6. The first-order chi connectivity index (χ1) is 17.1. The number of para-hydroxylation sites is 2. The van der Waals surface area contributed by atoms with Crippen LogP contribution in [0.4, 0.5) is 0 Å². The van der Waals surface area contributed by atoms with Crippen molar-refractivity contribution < 1.29 is 0 Å². The minimum atomic E-state index is -0.135. The molecule has 0 amide bonds. The van der Waals surface area contributed by atoms with Crippen molar-refractivity contribution in [3.63, 3.8) is 0 Å². The van der Waals surface area contributed by atoms with Crippen LogP contribution < -0.4 is 11.1 Å². The first-order valence-electron chi connectivity index (χ1n) is 11.1. The zero-order valence-corrected chi connectivity index (χ0v) is 19.6. The number of aryl methyl sites for hydroxylation is 1. The molecule has 0 saturated carbocycles. The highest BCUT2D eigenvalue weighted by Gasteiger charge is 2.19. The van der Waals surface area contributed by atoms with Crippen molar-refractivity contribution in [2.24, 2.45) is 0 Å². The number of aromatic nitrogens is 8. The molecule has 174 valence electrons. The number of rotatable bonds is 6. The Bertz CT molecular complexity index is 1900. The maximum atomic E-state index is 13.0. The van der Waals surface area contributed by atoms with Gasteiger partial charge in [0, 0.05) is 13.1 Å². The highest BCUT2D eigenvalue weighted by molar-refractivity contribution is 7.98. The van der Waals surface area contributed by atoms with Crippen molar-refractivity contribution in [2.75, 3.05) is 0 Å². The van der Waals surface area contributed by atoms with Crippen LogP contribution in [0.5, 0.6) is 0 Å². The van der Waals surface area contributed by atoms with E-state index in [9.17, 15) is 9.59 Å². The molecule has 0 fully saturated rings. The Hall–Kier alpha value is -4.25. The smallest absolute Gasteiger partial charge is 0.263 e. The van der Waals surface area contributed by atoms with Crippen LogP contribution in [0.25, 0.3) is 33.4 Å². The average Bonchev–Trinajstić information content (AvgIpc) is 3.50. The van der Waals surface area contributed by atoms with Gasteiger partial charge in [-0.3, -0.25) is 27.5 Å². The van der Waals surface area contributed by atoms with Gasteiger partial charge in [0.05, 0.1) is 27.6 Å². The molecule has 0 radical (unpaired) electrons. The maximum absolute atomic E-state index is 13.0. The van der Waals surface area contributed by atoms with E-state index >= 15 is 0 Å². The summed E-state index contributed by atoms with van der Waals surface area (Å²) in [5.41, 5.74) is 1.27. The molecule has 4 heterocycles. The van der Waals surface area contributed by atoms with E-state index in [1.807, 2.05) is 58.2 Å². The topological polar surface area (TPSA) is 104 Å². The molecule has 0 aliphatic heterocycles. The summed E-state index contributed by atoms with van der Waals surface area (Å²) in [4.78, 5) is 26.0. The molecule has 35 heavy (non-hydrogen) atoms. The lowest BCUT2D eigenvalue weighted by Gasteiger charge is -2.10. The highest BCUT2D eigenvalue weighted by Crippen LogP contribution is 2.25. The van der Waals surface area contributed by atoms with Crippen LogP contribution in [0.3, 0.4) is 0 Å². The lowest BCUT2D eigenvalue weighted by Crippen LogP contribution is -2.22. The fourth-order valence-electron chi connectivity index (χ4n) is 4.44. The minimum absolute atomic E-state index is 0.0858. The van der Waals surface area contributed by atoms with E-state index in [1.54, 1.807) is 21.3 Å². The lowest BCUT2D eigenvalue weighted by atomic mass is 10.2. The van der Waals surface area contributed by atoms with Gasteiger partial charge in [-0.05, 0) is 31.2 Å². The van der Waals surface area contributed by atoms with Crippen molar-refractivity contribution in [3.05, 3.63) is 87.7 Å². The Morgan fingerprint density at radius 1 is 0.829 bits per heavy atom. The average molecular weight is 485 g/mol. The highest BCUT2D eigenvalue weighted by atomic mass is 32.2. The quantitative estimate of drug-likeness (QED) is 0.264. The number of allylic oxidation sites excluding steroid dienone is 1. The van der Waals surface area contributed by atoms with Gasteiger partial charge in [-0.25, -0.2) is 0 Å². The standard InChI is InChI=1S/C24H20N8O2S/c1-3-13-30-21(34)16-10-6-8-12-18(16)32-23(30)27-28-24(32)35-14-19-25-26-22-29(4-2)20(33)15-9-5-7-11-17(15)31(19)22/h3,5-12H,1,4,13-14H2,2H3. The van der Waals surface area contributed by atoms with Crippen LogP contribution in [0.1, 0.15) is 12.7 Å². The van der Waals surface area contributed by atoms with E-state index in [0.29, 0.717) is 52.2 Å². The van der Waals surface area contributed by atoms with Gasteiger partial charge in [0.2, 0.25) is 11.6 Å². The van der Waals surface area contributed by atoms with Crippen molar-refractivity contribution in [2.45, 2.75) is 30.9 Å². The molecule has 11 heteroatoms. The third-order valence-electron chi connectivity index (χ3n) is 6.01. The predicted molar refractivity (Wildman–Crippen MR) is 135 cm³/mol. The molecule has 0 aliphatic carbocycles. The van der Waals surface area contributed by atoms with Crippen LogP contribution in [-0.2, 0) is 18.8 Å². The van der Waals surface area contributed by atoms with Crippen LogP contribution in [-0.4, -0.2) is 38.3 Å². The molecule has 0 spiro atoms. The lowest BCUT2D eigenvalue weighted by molar-refractivity contribution is 0.735. The fraction of sp³-hybridized carbons (Fsp3) is 0.167. The molecule has 0 atom stereocenters. The van der Waals surface area contributed by atoms with E-state index in [-0.39, 0.29) is 11.1 Å². The number of thioether (sulfide) groups is 1. The summed E-state index contributed by atoms with van der Waals surface area (Å²) in [5.74, 6) is 2.07. The normalized spacial score (nSPS) is 11.8. The summed E-state index contributed by atoms with van der Waals surface area (Å²) in [6.07, 6.45) is 1.67. The van der Waals surface area contributed by atoms with Crippen molar-refractivity contribution >= 4 is 45.1 Å². The van der Waals surface area contributed by atoms with Gasteiger partial charge < -0.3 is 0 Å². The Morgan fingerprint density at radius 2 is 1.43 bits per heavy atom. The first-order valence-corrected chi connectivity index (χ1v) is 12.1. The zero-order valence-electron chi connectivity index (χ0n) is 18.8. The SMILES string of the molecule is C=CCn1c(=O)c2ccccc2n2c(SCc3nnc4n(CC)c(=O)c5ccccc5n34)nnc12. The Kier molecular flexibility index (Phi) is 4.99. The largest absolute Gasteiger partial charge is 0.277 e. The second kappa shape index (κ2) is 8.20. The summed E-state index contributed by atoms with van der Waals surface area (Å²) in [6, 6.07) is 14.9. The molecule has 0 aliphatic rings. The third-order valence-corrected chi connectivity index (χ3v) is 6.94. The van der Waals surface area contributed by atoms with Crippen molar-refractivity contribution in [3.8, 4) is 0 Å². The Morgan fingerprint density at radius 3 is 2.11 bits per heavy atom. The summed E-state index contributed by atoms with van der Waals surface area (Å²) in [6.45, 7) is 6.49. The predicted octanol–water partition coefficient (Wildman–Crippen LogP) is 2.90. The third kappa shape index (κ3) is 3.12. The summed E-state index contributed by atoms with van der Waals surface area (Å²) >= 11 is 1.44. The summed E-state index contributed by atoms with van der Waals surface area (Å²) in [7, 11) is 0. The second-order valence-corrected chi connectivity index (χ2v) is 8.89. The molecule has 0 unspecified atom stereocenters. The number of hydrogen-bond acceptors (Lipinski definition) is 7. The molecule has 10 nitrogen and oxygen atoms in total. The van der Waals surface area contributed by atoms with Crippen LogP contribution in [0.2, 0.25) is 0 Å². The molecule has 0 N–H and O–H groups in total. The van der Waals surface area contributed by atoms with Gasteiger partial charge >= 0.3 is 0 Å². The molecule has 0 saturated heterocycles. The van der Waals surface area contributed by atoms with Gasteiger partial charge in [-0.15, -0.1) is 27.0 Å². The Balaban J connectivity index is 1.51. The molecular formula is C24H20N8O2S. The van der Waals surface area contributed by atoms with E-state index in [2.05, 4.69) is 27.0 Å². The summed E-state index contributed by atoms with van der Waals surface area (Å²) < 4.78 is 6.99. The Labute approximate surface area is 202 Å². The second-order valence-electron chi connectivity index (χ2n) is 7.95. The van der Waals surface area contributed by atoms with Gasteiger partial charge in [-0.2, -0.15) is 0 Å². The van der Waals surface area contributed by atoms with Crippen molar-refractivity contribution in [1.29, 1.82) is 0 Å². The van der Waals surface area contributed by atoms with Gasteiger partial charge in [0.1, 0.15) is 5.82 Å². The first kappa shape index (κ1) is 21.3. The fourth-order valence-corrected chi connectivity index (χ4v) is 5.30. The molecule has 4 aromatic heterocycles. The van der Waals surface area contributed by atoms with Gasteiger partial charge in [0.25, 0.3) is 11.1 Å². The minimum Gasteiger partial charge on any atom is -0.277 e. The van der Waals surface area contributed by atoms with E-state index in [0.717, 1.165) is 11.0 Å². The van der Waals surface area contributed by atoms with Gasteiger partial charge in [-0.1, -0.05) is 42.1 Å². The molecular weight excluding hydrogens is 464 g/mol. The molecule has 0 bridgehead atoms. The van der Waals surface area contributed by atoms with Crippen LogP contribution in [0, 0.1) is 0 Å². The number of hydrogen-bond donors (Lipinski definition) is 0. The van der Waals surface area contributed by atoms with Crippen LogP contribution in [0.15, 0.2) is 75.9 Å². The molecule has 6 rings (SSSR count). The number of benzene rings is 2. The van der Waals surface area contributed by atoms with E-state index in [4.69, 9.17) is 0 Å². The monoisotopic (exact) mass is 484 g/mol. The number of nitrogens with zero attached hydrogens (tertiary/aromatic N) is 8. The van der Waals surface area contributed by atoms with E-state index < -0.39 is 0 Å². The zero-order chi connectivity index (χ0) is 24.1. The van der Waals surface area contributed by atoms with Gasteiger partial charge in [0.15, 0.2) is 5.16 Å². The summed E-state index contributed by atoms with van der Waals surface area (Å²) in [5, 5.41) is 19.3. The maximum Gasteiger partial charge on any atom is 0.263 e.